The Morgan fingerprint density at radius 3 is 1.88 bits per heavy atom. The molecule has 0 heterocycles. The van der Waals surface area contributed by atoms with Gasteiger partial charge in [-0.1, -0.05) is 19.8 Å². The van der Waals surface area contributed by atoms with Crippen LogP contribution in [0.1, 0.15) is 75.3 Å². The van der Waals surface area contributed by atoms with Crippen molar-refractivity contribution in [1.29, 1.82) is 0 Å². The van der Waals surface area contributed by atoms with E-state index in [0.29, 0.717) is 11.5 Å². The van der Waals surface area contributed by atoms with Gasteiger partial charge >= 0.3 is 38.8 Å². The molecule has 0 aliphatic heterocycles. The van der Waals surface area contributed by atoms with E-state index < -0.39 is 23.3 Å². The minimum absolute atomic E-state index is 0. The molecule has 0 saturated heterocycles. The van der Waals surface area contributed by atoms with Crippen molar-refractivity contribution in [1.82, 2.24) is 0 Å². The van der Waals surface area contributed by atoms with Gasteiger partial charge in [-0.3, -0.25) is 0 Å². The zero-order valence-corrected chi connectivity index (χ0v) is 21.3. The maximum Gasteiger partial charge on any atom is 3.00 e. The standard InChI is InChI=1S/C26H29F4O.Y/c1-17-7-9-18(10-8-17)19-11-13-20(14-12-19)21-15-23(27)25(24(28)16-21)26(29,30)31-22-5-3-2-4-6-22;/h3-6,15-20H,7-14H2,1H3;/q-1;+3. The quantitative estimate of drug-likeness (QED) is 0.286. The number of rotatable bonds is 5. The molecule has 0 unspecified atom stereocenters. The van der Waals surface area contributed by atoms with Gasteiger partial charge in [-0.2, -0.15) is 27.0 Å². The van der Waals surface area contributed by atoms with Crippen molar-refractivity contribution in [2.24, 2.45) is 17.8 Å². The molecule has 1 nitrogen and oxygen atoms in total. The summed E-state index contributed by atoms with van der Waals surface area (Å²) in [6.45, 7) is 2.31. The summed E-state index contributed by atoms with van der Waals surface area (Å²) in [6.07, 6.45) is 4.82. The average molecular weight is 522 g/mol. The van der Waals surface area contributed by atoms with E-state index in [0.717, 1.165) is 49.7 Å². The molecular weight excluding hydrogens is 493 g/mol. The van der Waals surface area contributed by atoms with Crippen LogP contribution in [0.5, 0.6) is 5.75 Å². The molecule has 0 N–H and O–H groups in total. The van der Waals surface area contributed by atoms with Gasteiger partial charge in [0, 0.05) is 5.75 Å². The normalized spacial score (nSPS) is 26.3. The molecule has 2 aromatic carbocycles. The first-order valence-corrected chi connectivity index (χ1v) is 11.4. The van der Waals surface area contributed by atoms with Crippen LogP contribution in [0.4, 0.5) is 17.6 Å². The van der Waals surface area contributed by atoms with E-state index in [1.165, 1.54) is 49.9 Å². The third-order valence-electron chi connectivity index (χ3n) is 7.26. The summed E-state index contributed by atoms with van der Waals surface area (Å²) < 4.78 is 62.9. The van der Waals surface area contributed by atoms with Crippen LogP contribution in [-0.2, 0) is 38.8 Å². The van der Waals surface area contributed by atoms with Crippen LogP contribution < -0.4 is 4.74 Å². The van der Waals surface area contributed by atoms with Gasteiger partial charge in [-0.25, -0.2) is 8.78 Å². The summed E-state index contributed by atoms with van der Waals surface area (Å²) in [5, 5.41) is 0. The number of halogens is 4. The Bertz CT molecular complexity index is 850. The van der Waals surface area contributed by atoms with Gasteiger partial charge in [0.25, 0.3) is 0 Å². The molecule has 0 bridgehead atoms. The molecule has 2 aromatic rings. The molecule has 4 rings (SSSR count). The Hall–Kier alpha value is -0.936. The summed E-state index contributed by atoms with van der Waals surface area (Å²) in [7, 11) is 0. The van der Waals surface area contributed by atoms with E-state index in [9.17, 15) is 17.6 Å². The van der Waals surface area contributed by atoms with Gasteiger partial charge in [-0.15, -0.1) is 12.1 Å². The first-order chi connectivity index (χ1) is 14.8. The molecule has 6 heteroatoms. The van der Waals surface area contributed by atoms with E-state index in [1.54, 1.807) is 0 Å². The Morgan fingerprint density at radius 2 is 1.34 bits per heavy atom. The molecule has 2 fully saturated rings. The van der Waals surface area contributed by atoms with E-state index in [2.05, 4.69) is 17.7 Å². The minimum Gasteiger partial charge on any atom is -0.455 e. The van der Waals surface area contributed by atoms with Crippen molar-refractivity contribution in [3.63, 3.8) is 0 Å². The number of hydrogen-bond acceptors (Lipinski definition) is 1. The van der Waals surface area contributed by atoms with Crippen LogP contribution in [0.15, 0.2) is 36.4 Å². The van der Waals surface area contributed by atoms with Crippen molar-refractivity contribution in [2.75, 3.05) is 0 Å². The molecule has 2 aliphatic carbocycles. The molecule has 0 radical (unpaired) electrons. The molecule has 168 valence electrons. The maximum absolute atomic E-state index is 14.7. The summed E-state index contributed by atoms with van der Waals surface area (Å²) in [5.41, 5.74) is -0.867. The van der Waals surface area contributed by atoms with E-state index in [1.807, 2.05) is 0 Å². The Balaban J connectivity index is 0.00000289. The van der Waals surface area contributed by atoms with Gasteiger partial charge in [0.05, 0.1) is 0 Å². The maximum atomic E-state index is 14.7. The van der Waals surface area contributed by atoms with Crippen molar-refractivity contribution in [2.45, 2.75) is 70.3 Å². The first kappa shape index (κ1) is 25.7. The van der Waals surface area contributed by atoms with Gasteiger partial charge in [0.2, 0.25) is 0 Å². The third kappa shape index (κ3) is 5.94. The van der Waals surface area contributed by atoms with E-state index in [-0.39, 0.29) is 44.4 Å². The van der Waals surface area contributed by atoms with Crippen LogP contribution in [0.3, 0.4) is 0 Å². The Labute approximate surface area is 213 Å². The summed E-state index contributed by atoms with van der Waals surface area (Å²) in [5.74, 6) is -0.424. The molecule has 2 saturated carbocycles. The molecular formula is C26H29F4OY+2. The van der Waals surface area contributed by atoms with Crippen molar-refractivity contribution in [3.05, 3.63) is 65.2 Å². The summed E-state index contributed by atoms with van der Waals surface area (Å²) >= 11 is 0. The SMILES string of the molecule is CC1CCC(C2CCC(c3cc(F)c(C(F)(F)Oc4cc[c-]cc4)c(F)c3)CC2)CC1.[Y+3]. The second kappa shape index (κ2) is 11.0. The Morgan fingerprint density at radius 1 is 0.844 bits per heavy atom. The first-order valence-electron chi connectivity index (χ1n) is 11.4. The topological polar surface area (TPSA) is 9.23 Å². The van der Waals surface area contributed by atoms with Gasteiger partial charge in [0.15, 0.2) is 0 Å². The van der Waals surface area contributed by atoms with Crippen LogP contribution in [0.2, 0.25) is 0 Å². The molecule has 0 spiro atoms. The van der Waals surface area contributed by atoms with E-state index in [4.69, 9.17) is 0 Å². The fraction of sp³-hybridized carbons (Fsp3) is 0.538. The monoisotopic (exact) mass is 522 g/mol. The Kier molecular flexibility index (Phi) is 8.82. The second-order valence-corrected chi connectivity index (χ2v) is 9.35. The second-order valence-electron chi connectivity index (χ2n) is 9.35. The summed E-state index contributed by atoms with van der Waals surface area (Å²) in [4.78, 5) is 0. The fourth-order valence-electron chi connectivity index (χ4n) is 5.43. The molecule has 2 aliphatic rings. The van der Waals surface area contributed by atoms with Crippen LogP contribution in [-0.4, -0.2) is 0 Å². The fourth-order valence-corrected chi connectivity index (χ4v) is 5.43. The van der Waals surface area contributed by atoms with Crippen LogP contribution in [0, 0.1) is 35.5 Å². The van der Waals surface area contributed by atoms with Crippen molar-refractivity contribution >= 4 is 0 Å². The summed E-state index contributed by atoms with van der Waals surface area (Å²) in [6, 6.07) is 10.1. The average Bonchev–Trinajstić information content (AvgIpc) is 2.74. The van der Waals surface area contributed by atoms with Crippen LogP contribution in [0.25, 0.3) is 0 Å². The predicted octanol–water partition coefficient (Wildman–Crippen LogP) is 7.99. The smallest absolute Gasteiger partial charge is 0.455 e. The zero-order valence-electron chi connectivity index (χ0n) is 18.4. The van der Waals surface area contributed by atoms with Crippen LogP contribution >= 0.6 is 0 Å². The largest absolute Gasteiger partial charge is 3.00 e. The van der Waals surface area contributed by atoms with E-state index >= 15 is 0 Å². The van der Waals surface area contributed by atoms with Crippen molar-refractivity contribution < 1.29 is 55.0 Å². The molecule has 0 atom stereocenters. The molecule has 32 heavy (non-hydrogen) atoms. The molecule has 0 amide bonds. The van der Waals surface area contributed by atoms with Gasteiger partial charge < -0.3 is 4.74 Å². The number of alkyl halides is 2. The third-order valence-corrected chi connectivity index (χ3v) is 7.26. The zero-order chi connectivity index (χ0) is 22.0. The van der Waals surface area contributed by atoms with Gasteiger partial charge in [0.1, 0.15) is 17.2 Å². The van der Waals surface area contributed by atoms with Crippen molar-refractivity contribution in [3.8, 4) is 5.75 Å². The van der Waals surface area contributed by atoms with Gasteiger partial charge in [-0.05, 0) is 79.9 Å². The number of ether oxygens (including phenoxy) is 1. The molecule has 0 aromatic heterocycles. The number of benzene rings is 2. The predicted molar refractivity (Wildman–Crippen MR) is 112 cm³/mol. The minimum atomic E-state index is -4.11. The number of hydrogen-bond donors (Lipinski definition) is 0.